The molecule has 0 atom stereocenters. The summed E-state index contributed by atoms with van der Waals surface area (Å²) in [5.74, 6) is -1.43. The summed E-state index contributed by atoms with van der Waals surface area (Å²) in [6.45, 7) is -0.211. The van der Waals surface area contributed by atoms with Crippen molar-refractivity contribution in [3.63, 3.8) is 0 Å². The van der Waals surface area contributed by atoms with Gasteiger partial charge in [-0.25, -0.2) is 9.37 Å². The Morgan fingerprint density at radius 3 is 2.46 bits per heavy atom. The van der Waals surface area contributed by atoms with Gasteiger partial charge in [-0.2, -0.15) is 0 Å². The van der Waals surface area contributed by atoms with Crippen LogP contribution in [0.25, 0.3) is 11.3 Å². The molecule has 3 aromatic rings. The topological polar surface area (TPSA) is 84.2 Å². The summed E-state index contributed by atoms with van der Waals surface area (Å²) in [7, 11) is 0. The quantitative estimate of drug-likeness (QED) is 0.712. The first-order valence-corrected chi connectivity index (χ1v) is 7.90. The molecule has 0 fully saturated rings. The van der Waals surface area contributed by atoms with Crippen molar-refractivity contribution in [3.8, 4) is 11.3 Å². The largest absolute Gasteiger partial charge is 0.480 e. The molecule has 0 bridgehead atoms. The van der Waals surface area contributed by atoms with Gasteiger partial charge in [0.15, 0.2) is 5.82 Å². The van der Waals surface area contributed by atoms with Crippen molar-refractivity contribution >= 4 is 11.8 Å². The Balaban J connectivity index is 1.93. The molecule has 0 spiro atoms. The summed E-state index contributed by atoms with van der Waals surface area (Å²) >= 11 is 0. The smallest absolute Gasteiger partial charge is 0.323 e. The molecule has 2 aromatic carbocycles. The van der Waals surface area contributed by atoms with Crippen LogP contribution in [0.1, 0.15) is 5.56 Å². The van der Waals surface area contributed by atoms with Crippen LogP contribution in [0.15, 0.2) is 65.6 Å². The minimum atomic E-state index is -1.13. The number of nitrogens with zero attached hydrogens (tertiary/aromatic N) is 2. The molecule has 1 aromatic heterocycles. The zero-order valence-electron chi connectivity index (χ0n) is 13.7. The summed E-state index contributed by atoms with van der Waals surface area (Å²) in [5, 5.41) is 12.0. The van der Waals surface area contributed by atoms with Gasteiger partial charge in [-0.05, 0) is 23.3 Å². The van der Waals surface area contributed by atoms with Crippen molar-refractivity contribution in [3.05, 3.63) is 82.5 Å². The standard InChI is InChI=1S/C19H16FN3O3/c20-15-8-6-13(7-9-15)10-21-18-19(26)23(12-17(24)25)16(11-22-18)14-4-2-1-3-5-14/h1-9,11H,10,12H2,(H,21,22)(H,24,25). The van der Waals surface area contributed by atoms with Crippen LogP contribution < -0.4 is 10.9 Å². The first-order chi connectivity index (χ1) is 12.5. The zero-order chi connectivity index (χ0) is 18.5. The Morgan fingerprint density at radius 2 is 1.81 bits per heavy atom. The van der Waals surface area contributed by atoms with E-state index in [0.29, 0.717) is 11.3 Å². The number of halogens is 1. The maximum Gasteiger partial charge on any atom is 0.323 e. The molecule has 0 aliphatic carbocycles. The summed E-state index contributed by atoms with van der Waals surface area (Å²) in [5.41, 5.74) is 1.36. The number of carbonyl (C=O) groups is 1. The van der Waals surface area contributed by atoms with Gasteiger partial charge in [0.05, 0.1) is 11.9 Å². The van der Waals surface area contributed by atoms with Crippen molar-refractivity contribution in [2.45, 2.75) is 13.1 Å². The van der Waals surface area contributed by atoms with Crippen LogP contribution in [0.2, 0.25) is 0 Å². The molecule has 3 rings (SSSR count). The highest BCUT2D eigenvalue weighted by Gasteiger charge is 2.14. The van der Waals surface area contributed by atoms with Crippen LogP contribution in [0, 0.1) is 5.82 Å². The molecule has 2 N–H and O–H groups in total. The fourth-order valence-corrected chi connectivity index (χ4v) is 2.53. The Bertz CT molecular complexity index is 970. The van der Waals surface area contributed by atoms with Gasteiger partial charge in [-0.1, -0.05) is 42.5 Å². The van der Waals surface area contributed by atoms with Gasteiger partial charge in [0.2, 0.25) is 0 Å². The van der Waals surface area contributed by atoms with E-state index in [9.17, 15) is 14.0 Å². The van der Waals surface area contributed by atoms with Crippen LogP contribution in [-0.4, -0.2) is 20.6 Å². The Labute approximate surface area is 148 Å². The van der Waals surface area contributed by atoms with Crippen molar-refractivity contribution < 1.29 is 14.3 Å². The average molecular weight is 353 g/mol. The second-order valence-corrected chi connectivity index (χ2v) is 5.62. The lowest BCUT2D eigenvalue weighted by Crippen LogP contribution is -2.29. The molecule has 26 heavy (non-hydrogen) atoms. The Morgan fingerprint density at radius 1 is 1.12 bits per heavy atom. The molecule has 0 radical (unpaired) electrons. The number of hydrogen-bond acceptors (Lipinski definition) is 4. The first kappa shape index (κ1) is 17.3. The van der Waals surface area contributed by atoms with Gasteiger partial charge >= 0.3 is 5.97 Å². The Hall–Kier alpha value is -3.48. The molecule has 1 heterocycles. The van der Waals surface area contributed by atoms with Gasteiger partial charge in [0.1, 0.15) is 12.4 Å². The fraction of sp³-hybridized carbons (Fsp3) is 0.105. The highest BCUT2D eigenvalue weighted by Crippen LogP contribution is 2.17. The average Bonchev–Trinajstić information content (AvgIpc) is 2.64. The van der Waals surface area contributed by atoms with Crippen molar-refractivity contribution in [1.29, 1.82) is 0 Å². The molecule has 0 amide bonds. The third kappa shape index (κ3) is 3.94. The van der Waals surface area contributed by atoms with Crippen LogP contribution >= 0.6 is 0 Å². The maximum atomic E-state index is 13.0. The second kappa shape index (κ2) is 7.60. The monoisotopic (exact) mass is 353 g/mol. The molecule has 0 unspecified atom stereocenters. The molecule has 132 valence electrons. The predicted molar refractivity (Wildman–Crippen MR) is 95.3 cm³/mol. The third-order valence-corrected chi connectivity index (χ3v) is 3.79. The highest BCUT2D eigenvalue weighted by molar-refractivity contribution is 5.69. The molecule has 0 aliphatic heterocycles. The maximum absolute atomic E-state index is 13.0. The normalized spacial score (nSPS) is 10.5. The van der Waals surface area contributed by atoms with Gasteiger partial charge < -0.3 is 10.4 Å². The molecule has 6 nitrogen and oxygen atoms in total. The summed E-state index contributed by atoms with van der Waals surface area (Å²) in [6, 6.07) is 14.8. The molecule has 0 aliphatic rings. The molecule has 0 saturated heterocycles. The third-order valence-electron chi connectivity index (χ3n) is 3.79. The van der Waals surface area contributed by atoms with E-state index in [1.807, 2.05) is 6.07 Å². The number of carboxylic acid groups (broad SMARTS) is 1. The summed E-state index contributed by atoms with van der Waals surface area (Å²) in [4.78, 5) is 28.0. The first-order valence-electron chi connectivity index (χ1n) is 7.90. The highest BCUT2D eigenvalue weighted by atomic mass is 19.1. The van der Waals surface area contributed by atoms with Crippen molar-refractivity contribution in [2.24, 2.45) is 0 Å². The number of anilines is 1. The Kier molecular flexibility index (Phi) is 5.07. The number of aromatic nitrogens is 2. The number of benzene rings is 2. The fourth-order valence-electron chi connectivity index (χ4n) is 2.53. The van der Waals surface area contributed by atoms with E-state index < -0.39 is 18.1 Å². The van der Waals surface area contributed by atoms with Crippen LogP contribution in [0.4, 0.5) is 10.2 Å². The van der Waals surface area contributed by atoms with E-state index in [0.717, 1.165) is 10.1 Å². The number of hydrogen-bond donors (Lipinski definition) is 2. The van der Waals surface area contributed by atoms with Crippen LogP contribution in [0.3, 0.4) is 0 Å². The number of aliphatic carboxylic acids is 1. The molecule has 0 saturated carbocycles. The van der Waals surface area contributed by atoms with Crippen LogP contribution in [-0.2, 0) is 17.9 Å². The molecule has 7 heteroatoms. The second-order valence-electron chi connectivity index (χ2n) is 5.62. The van der Waals surface area contributed by atoms with E-state index in [2.05, 4.69) is 10.3 Å². The lowest BCUT2D eigenvalue weighted by molar-refractivity contribution is -0.137. The summed E-state index contributed by atoms with van der Waals surface area (Å²) < 4.78 is 14.1. The van der Waals surface area contributed by atoms with E-state index in [-0.39, 0.29) is 18.2 Å². The minimum absolute atomic E-state index is 0.0373. The lowest BCUT2D eigenvalue weighted by atomic mass is 10.1. The van der Waals surface area contributed by atoms with E-state index >= 15 is 0 Å². The number of carboxylic acids is 1. The number of rotatable bonds is 6. The zero-order valence-corrected chi connectivity index (χ0v) is 13.7. The lowest BCUT2D eigenvalue weighted by Gasteiger charge is -2.13. The van der Waals surface area contributed by atoms with Gasteiger partial charge in [-0.3, -0.25) is 14.2 Å². The van der Waals surface area contributed by atoms with Gasteiger partial charge in [-0.15, -0.1) is 0 Å². The van der Waals surface area contributed by atoms with E-state index in [1.165, 1.54) is 18.3 Å². The van der Waals surface area contributed by atoms with Crippen molar-refractivity contribution in [1.82, 2.24) is 9.55 Å². The van der Waals surface area contributed by atoms with Crippen molar-refractivity contribution in [2.75, 3.05) is 5.32 Å². The van der Waals surface area contributed by atoms with Crippen LogP contribution in [0.5, 0.6) is 0 Å². The van der Waals surface area contributed by atoms with E-state index in [4.69, 9.17) is 5.11 Å². The van der Waals surface area contributed by atoms with Gasteiger partial charge in [0.25, 0.3) is 5.56 Å². The SMILES string of the molecule is O=C(O)Cn1c(-c2ccccc2)cnc(NCc2ccc(F)cc2)c1=O. The molecular weight excluding hydrogens is 337 g/mol. The molecular formula is C19H16FN3O3. The van der Waals surface area contributed by atoms with Gasteiger partial charge in [0, 0.05) is 6.54 Å². The van der Waals surface area contributed by atoms with E-state index in [1.54, 1.807) is 36.4 Å². The predicted octanol–water partition coefficient (Wildman–Crippen LogP) is 2.75. The number of nitrogens with one attached hydrogen (secondary N) is 1. The minimum Gasteiger partial charge on any atom is -0.480 e. The summed E-state index contributed by atoms with van der Waals surface area (Å²) in [6.07, 6.45) is 1.46.